The number of nitrogens with zero attached hydrogens (tertiary/aromatic N) is 11. The summed E-state index contributed by atoms with van der Waals surface area (Å²) >= 11 is 0. The number of rotatable bonds is 14. The molecule has 0 aliphatic carbocycles. The number of nitrogen functional groups attached to an aromatic ring is 2. The van der Waals surface area contributed by atoms with E-state index < -0.39 is 141 Å². The van der Waals surface area contributed by atoms with Crippen LogP contribution in [0, 0.1) is 37.8 Å². The molecule has 0 aliphatic rings. The van der Waals surface area contributed by atoms with E-state index in [2.05, 4.69) is 36.0 Å². The predicted molar refractivity (Wildman–Crippen MR) is 356 cm³/mol. The molecule has 116 heavy (non-hydrogen) atoms. The summed E-state index contributed by atoms with van der Waals surface area (Å²) in [4.78, 5) is 32.9. The van der Waals surface area contributed by atoms with Gasteiger partial charge in [0.15, 0.2) is 22.9 Å². The molecule has 0 fully saturated rings. The Balaban J connectivity index is 0.000000206. The van der Waals surface area contributed by atoms with E-state index >= 15 is 0 Å². The van der Waals surface area contributed by atoms with Gasteiger partial charge in [-0.05, 0) is 123 Å². The Hall–Kier alpha value is -12.8. The van der Waals surface area contributed by atoms with Gasteiger partial charge in [0.25, 0.3) is 5.91 Å². The zero-order chi connectivity index (χ0) is 85.6. The predicted octanol–water partition coefficient (Wildman–Crippen LogP) is 19.7. The Bertz CT molecular complexity index is 5270. The molecule has 12 rings (SSSR count). The topological polar surface area (TPSA) is 311 Å². The van der Waals surface area contributed by atoms with Crippen LogP contribution in [0.15, 0.2) is 164 Å². The van der Waals surface area contributed by atoms with E-state index in [1.165, 1.54) is 66.5 Å². The van der Waals surface area contributed by atoms with Gasteiger partial charge in [-0.2, -0.15) is 126 Å². The third-order valence-electron chi connectivity index (χ3n) is 16.2. The Morgan fingerprint density at radius 1 is 0.422 bits per heavy atom. The van der Waals surface area contributed by atoms with E-state index in [1.54, 1.807) is 38.1 Å². The fraction of sp³-hybridized carbons (Fsp3) is 0.235. The lowest BCUT2D eigenvalue weighted by Crippen LogP contribution is -2.16. The van der Waals surface area contributed by atoms with Gasteiger partial charge in [-0.1, -0.05) is 34.6 Å². The largest absolute Gasteiger partial charge is 0.476 e. The molecule has 23 nitrogen and oxygen atoms in total. The second-order valence-corrected chi connectivity index (χ2v) is 23.9. The van der Waals surface area contributed by atoms with Crippen molar-refractivity contribution in [2.45, 2.75) is 103 Å². The SMILES string of the molecule is Cc1c(N)cnn1Cc1ccc(C(F)(F)F)cc1C(F)(F)F.Cc1c(N)cnn1Cc1ccc(C(F)(F)F)cc1C(F)(F)F.Cc1c(NC(=O)c2cc(-c3ccco3)on2)cnn1Cc1ccc(C(F)(F)F)cc1C(F)(F)F.Cc1c([N+](=O)[O-])cnn1Cc1ccc(C(F)(F)F)cc1C(F)(F)F.Cl.O=C(O)c1cc(-c2ccco2)on1. The molecule has 4 aromatic carbocycles. The molecule has 1 amide bonds. The highest BCUT2D eigenvalue weighted by atomic mass is 35.5. The zero-order valence-corrected chi connectivity index (χ0v) is 59.3. The van der Waals surface area contributed by atoms with Gasteiger partial charge in [0.2, 0.25) is 11.5 Å². The molecule has 0 spiro atoms. The number of halogens is 25. The first-order chi connectivity index (χ1) is 53.1. The van der Waals surface area contributed by atoms with E-state index in [4.69, 9.17) is 34.5 Å². The van der Waals surface area contributed by atoms with Crippen LogP contribution in [0.3, 0.4) is 0 Å². The van der Waals surface area contributed by atoms with Crippen molar-refractivity contribution >= 4 is 47.0 Å². The van der Waals surface area contributed by atoms with Crippen molar-refractivity contribution < 1.29 is 143 Å². The van der Waals surface area contributed by atoms with Crippen LogP contribution in [0.2, 0.25) is 0 Å². The molecule has 0 saturated heterocycles. The zero-order valence-electron chi connectivity index (χ0n) is 58.5. The normalized spacial score (nSPS) is 12.1. The molecule has 0 saturated carbocycles. The maximum Gasteiger partial charge on any atom is 0.416 e. The highest BCUT2D eigenvalue weighted by Gasteiger charge is 2.43. The van der Waals surface area contributed by atoms with E-state index in [-0.39, 0.29) is 95.1 Å². The van der Waals surface area contributed by atoms with Crippen LogP contribution in [0.5, 0.6) is 0 Å². The van der Waals surface area contributed by atoms with Crippen molar-refractivity contribution in [2.24, 2.45) is 0 Å². The number of hydrogen-bond acceptors (Lipinski definition) is 16. The Kier molecular flexibility index (Phi) is 27.2. The number of carboxylic acid groups (broad SMARTS) is 1. The summed E-state index contributed by atoms with van der Waals surface area (Å²) in [5.74, 6) is -0.462. The van der Waals surface area contributed by atoms with Crippen LogP contribution in [0.1, 0.15) is 111 Å². The molecule has 622 valence electrons. The highest BCUT2D eigenvalue weighted by Crippen LogP contribution is 2.43. The molecule has 0 radical (unpaired) electrons. The molecule has 8 heterocycles. The van der Waals surface area contributed by atoms with E-state index in [1.807, 2.05) is 0 Å². The summed E-state index contributed by atoms with van der Waals surface area (Å²) in [6, 6.07) is 14.9. The second kappa shape index (κ2) is 34.9. The van der Waals surface area contributed by atoms with Crippen LogP contribution >= 0.6 is 12.4 Å². The third-order valence-corrected chi connectivity index (χ3v) is 16.2. The number of hydrogen-bond donors (Lipinski definition) is 4. The van der Waals surface area contributed by atoms with Crippen LogP contribution in [0.4, 0.5) is 128 Å². The number of furan rings is 2. The number of carbonyl (C=O) groups is 2. The minimum Gasteiger partial charge on any atom is -0.476 e. The Morgan fingerprint density at radius 2 is 0.724 bits per heavy atom. The third kappa shape index (κ3) is 22.8. The fourth-order valence-corrected chi connectivity index (χ4v) is 10.0. The average Bonchev–Trinajstić information content (AvgIpc) is 1.08. The van der Waals surface area contributed by atoms with E-state index in [0.717, 1.165) is 33.8 Å². The number of amides is 1. The first-order valence-corrected chi connectivity index (χ1v) is 31.5. The number of carbonyl (C=O) groups excluding carboxylic acids is 1. The molecule has 0 unspecified atom stereocenters. The lowest BCUT2D eigenvalue weighted by atomic mass is 10.0. The van der Waals surface area contributed by atoms with Gasteiger partial charge < -0.3 is 39.8 Å². The standard InChI is InChI=1S/C21H14F6N4O3.C13H9F6N3O2.2C13H11F6N3.C8H5NO4.ClH/c1-11-16(29-19(32)15-8-18(34-30-15)17-3-2-6-33-17)9-28-31(11)10-12-4-5-13(20(22,23)24)7-14(12)21(25,26)27;1-7-11(22(23)24)5-20-21(7)6-8-2-3-9(12(14,15)16)4-10(8)13(17,18)19;2*1-7-11(20)5-21-22(7)6-8-2-3-9(12(14,15)16)4-10(8)13(17,18)19;10-8(11)5-4-7(13-9-5)6-2-1-3-12-6;/h2-9H,10H2,1H3,(H,29,32);2-5H,6H2,1H3;2*2-5H,6,20H2,1H3;1-4H,(H,10,11);1H. The molecular formula is C68H51ClF24N14O9. The summed E-state index contributed by atoms with van der Waals surface area (Å²) in [5.41, 5.74) is -0.219. The summed E-state index contributed by atoms with van der Waals surface area (Å²) < 4.78 is 334. The van der Waals surface area contributed by atoms with Gasteiger partial charge >= 0.3 is 61.1 Å². The van der Waals surface area contributed by atoms with Gasteiger partial charge in [-0.3, -0.25) is 33.6 Å². The van der Waals surface area contributed by atoms with Crippen LogP contribution in [0.25, 0.3) is 23.0 Å². The molecule has 12 aromatic rings. The number of anilines is 3. The van der Waals surface area contributed by atoms with Crippen molar-refractivity contribution in [3.63, 3.8) is 0 Å². The highest BCUT2D eigenvalue weighted by molar-refractivity contribution is 6.03. The number of carboxylic acids is 1. The van der Waals surface area contributed by atoms with Gasteiger partial charge in [0.1, 0.15) is 11.9 Å². The number of benzene rings is 4. The number of aromatic nitrogens is 10. The maximum absolute atomic E-state index is 13.4. The summed E-state index contributed by atoms with van der Waals surface area (Å²) in [7, 11) is 0. The summed E-state index contributed by atoms with van der Waals surface area (Å²) in [6.07, 6.45) is -31.8. The van der Waals surface area contributed by atoms with E-state index in [0.29, 0.717) is 70.4 Å². The second-order valence-electron chi connectivity index (χ2n) is 23.9. The van der Waals surface area contributed by atoms with Gasteiger partial charge in [-0.15, -0.1) is 12.4 Å². The minimum absolute atomic E-state index is 0. The minimum atomic E-state index is -5.01. The lowest BCUT2D eigenvalue weighted by molar-refractivity contribution is -0.385. The fourth-order valence-electron chi connectivity index (χ4n) is 10.0. The van der Waals surface area contributed by atoms with Gasteiger partial charge in [-0.25, -0.2) is 4.79 Å². The quantitative estimate of drug-likeness (QED) is 0.0446. The van der Waals surface area contributed by atoms with Crippen molar-refractivity contribution in [1.29, 1.82) is 0 Å². The van der Waals surface area contributed by atoms with Gasteiger partial charge in [0, 0.05) is 12.1 Å². The van der Waals surface area contributed by atoms with Crippen LogP contribution in [-0.4, -0.2) is 71.3 Å². The number of nitrogens with two attached hydrogens (primary N) is 2. The maximum atomic E-state index is 13.4. The lowest BCUT2D eigenvalue weighted by Gasteiger charge is -2.16. The number of alkyl halides is 24. The molecular weight excluding hydrogens is 1650 g/mol. The molecule has 0 bridgehead atoms. The smallest absolute Gasteiger partial charge is 0.416 e. The van der Waals surface area contributed by atoms with Crippen molar-refractivity contribution in [3.8, 4) is 23.0 Å². The van der Waals surface area contributed by atoms with Crippen LogP contribution < -0.4 is 16.8 Å². The first kappa shape index (κ1) is 90.4. The number of nitro groups is 1. The molecule has 8 aromatic heterocycles. The Morgan fingerprint density at radius 3 is 0.991 bits per heavy atom. The van der Waals surface area contributed by atoms with Crippen molar-refractivity contribution in [3.05, 3.63) is 258 Å². The number of nitrogens with one attached hydrogen (secondary N) is 1. The molecule has 6 N–H and O–H groups in total. The molecule has 0 aliphatic heterocycles. The van der Waals surface area contributed by atoms with Gasteiger partial charge in [0.05, 0.1) is 141 Å². The van der Waals surface area contributed by atoms with Crippen molar-refractivity contribution in [1.82, 2.24) is 49.4 Å². The van der Waals surface area contributed by atoms with E-state index in [9.17, 15) is 125 Å². The average molecular weight is 1700 g/mol. The van der Waals surface area contributed by atoms with Crippen molar-refractivity contribution in [2.75, 3.05) is 16.8 Å². The number of aromatic carboxylic acids is 1. The van der Waals surface area contributed by atoms with Crippen LogP contribution in [-0.2, 0) is 75.6 Å². The Labute approximate surface area is 638 Å². The molecule has 0 atom stereocenters. The first-order valence-electron chi connectivity index (χ1n) is 31.5. The summed E-state index contributed by atoms with van der Waals surface area (Å²) in [5, 5.41) is 43.9. The summed E-state index contributed by atoms with van der Waals surface area (Å²) in [6.45, 7) is 4.21. The monoisotopic (exact) mass is 1700 g/mol. The molecule has 48 heteroatoms.